The molecule has 0 bridgehead atoms. The van der Waals surface area contributed by atoms with E-state index < -0.39 is 0 Å². The van der Waals surface area contributed by atoms with Gasteiger partial charge in [-0.3, -0.25) is 14.7 Å². The summed E-state index contributed by atoms with van der Waals surface area (Å²) in [5.41, 5.74) is 3.60. The van der Waals surface area contributed by atoms with Crippen molar-refractivity contribution in [2.45, 2.75) is 19.8 Å². The summed E-state index contributed by atoms with van der Waals surface area (Å²) < 4.78 is 0. The maximum atomic E-state index is 13.0. The zero-order valence-corrected chi connectivity index (χ0v) is 17.7. The Balaban J connectivity index is 1.57. The summed E-state index contributed by atoms with van der Waals surface area (Å²) in [6.07, 6.45) is 0. The molecule has 0 saturated carbocycles. The first kappa shape index (κ1) is 20.4. The highest BCUT2D eigenvalue weighted by molar-refractivity contribution is 6.17. The lowest BCUT2D eigenvalue weighted by molar-refractivity contribution is -0.121. The first-order valence-electron chi connectivity index (χ1n) is 10.7. The van der Waals surface area contributed by atoms with Gasteiger partial charge < -0.3 is 10.2 Å². The Morgan fingerprint density at radius 3 is 2.20 bits per heavy atom. The molecule has 0 spiro atoms. The zero-order valence-electron chi connectivity index (χ0n) is 17.7. The van der Waals surface area contributed by atoms with Crippen LogP contribution in [0.4, 0.5) is 11.4 Å². The summed E-state index contributed by atoms with van der Waals surface area (Å²) in [4.78, 5) is 27.2. The normalized spacial score (nSPS) is 20.0. The van der Waals surface area contributed by atoms with Gasteiger partial charge in [-0.25, -0.2) is 4.99 Å². The maximum absolute atomic E-state index is 13.0. The minimum Gasteiger partial charge on any atom is -0.312 e. The Bertz CT molecular complexity index is 945. The second-order valence-electron chi connectivity index (χ2n) is 7.84. The molecule has 2 aromatic rings. The van der Waals surface area contributed by atoms with Crippen molar-refractivity contribution in [2.24, 2.45) is 9.98 Å². The van der Waals surface area contributed by atoms with Gasteiger partial charge in [-0.05, 0) is 31.2 Å². The maximum Gasteiger partial charge on any atom is 0.239 e. The molecule has 2 aromatic carbocycles. The number of rotatable bonds is 4. The van der Waals surface area contributed by atoms with Crippen molar-refractivity contribution in [3.63, 3.8) is 0 Å². The number of hydrogen-bond donors (Lipinski definition) is 1. The Labute approximate surface area is 178 Å². The second kappa shape index (κ2) is 9.32. The first-order chi connectivity index (χ1) is 14.6. The molecule has 30 heavy (non-hydrogen) atoms. The van der Waals surface area contributed by atoms with Crippen LogP contribution >= 0.6 is 0 Å². The molecule has 6 nitrogen and oxygen atoms in total. The number of piperazine rings is 1. The van der Waals surface area contributed by atoms with Crippen LogP contribution in [0.3, 0.4) is 0 Å². The van der Waals surface area contributed by atoms with Gasteiger partial charge in [-0.1, -0.05) is 49.4 Å². The van der Waals surface area contributed by atoms with E-state index in [4.69, 9.17) is 9.98 Å². The Kier molecular flexibility index (Phi) is 6.35. The summed E-state index contributed by atoms with van der Waals surface area (Å²) >= 11 is 0. The number of fused-ring (bicyclic) bond motifs is 1. The number of hydrogen-bond acceptors (Lipinski definition) is 5. The van der Waals surface area contributed by atoms with E-state index in [1.54, 1.807) is 0 Å². The number of carbonyl (C=O) groups excluding carboxylic acids is 1. The summed E-state index contributed by atoms with van der Waals surface area (Å²) in [5.74, 6) is 0.441. The fourth-order valence-electron chi connectivity index (χ4n) is 4.09. The van der Waals surface area contributed by atoms with Crippen LogP contribution in [0.15, 0.2) is 64.6 Å². The van der Waals surface area contributed by atoms with E-state index >= 15 is 0 Å². The molecule has 6 heteroatoms. The molecule has 0 aliphatic carbocycles. The van der Waals surface area contributed by atoms with Gasteiger partial charge in [-0.15, -0.1) is 0 Å². The fourth-order valence-corrected chi connectivity index (χ4v) is 4.09. The summed E-state index contributed by atoms with van der Waals surface area (Å²) in [6, 6.07) is 17.9. The van der Waals surface area contributed by atoms with E-state index in [9.17, 15) is 4.79 Å². The lowest BCUT2D eigenvalue weighted by Gasteiger charge is -2.33. The highest BCUT2D eigenvalue weighted by Crippen LogP contribution is 2.34. The second-order valence-corrected chi connectivity index (χ2v) is 7.84. The van der Waals surface area contributed by atoms with Gasteiger partial charge in [0.25, 0.3) is 0 Å². The molecule has 1 fully saturated rings. The minimum absolute atomic E-state index is 0.0215. The van der Waals surface area contributed by atoms with Gasteiger partial charge in [0.1, 0.15) is 5.84 Å². The topological polar surface area (TPSA) is 60.3 Å². The number of amides is 1. The number of nitrogens with one attached hydrogen (secondary N) is 1. The zero-order chi connectivity index (χ0) is 20.9. The number of likely N-dealkylation sites (N-methyl/N-ethyl adjacent to an activating group) is 1. The van der Waals surface area contributed by atoms with Crippen LogP contribution in [0.25, 0.3) is 0 Å². The average Bonchev–Trinajstić information content (AvgIpc) is 2.90. The van der Waals surface area contributed by atoms with Gasteiger partial charge in [0, 0.05) is 31.9 Å². The number of para-hydroxylation sites is 2. The molecule has 1 N–H and O–H groups in total. The van der Waals surface area contributed by atoms with Gasteiger partial charge >= 0.3 is 0 Å². The summed E-state index contributed by atoms with van der Waals surface area (Å²) in [7, 11) is 0. The predicted octanol–water partition coefficient (Wildman–Crippen LogP) is 3.36. The van der Waals surface area contributed by atoms with Crippen molar-refractivity contribution in [2.75, 3.05) is 39.3 Å². The van der Waals surface area contributed by atoms with Crippen LogP contribution in [0, 0.1) is 0 Å². The van der Waals surface area contributed by atoms with E-state index in [1.807, 2.05) is 49.4 Å². The lowest BCUT2D eigenvalue weighted by atomic mass is 9.93. The van der Waals surface area contributed by atoms with E-state index in [-0.39, 0.29) is 11.8 Å². The quantitative estimate of drug-likeness (QED) is 0.852. The van der Waals surface area contributed by atoms with Gasteiger partial charge in [0.15, 0.2) is 0 Å². The van der Waals surface area contributed by atoms with Gasteiger partial charge in [-0.2, -0.15) is 0 Å². The third-order valence-corrected chi connectivity index (χ3v) is 5.79. The van der Waals surface area contributed by atoms with E-state index in [0.29, 0.717) is 12.4 Å². The molecule has 1 saturated heterocycles. The van der Waals surface area contributed by atoms with Gasteiger partial charge in [0.05, 0.1) is 23.8 Å². The summed E-state index contributed by atoms with van der Waals surface area (Å²) in [5, 5.41) is 3.13. The van der Waals surface area contributed by atoms with Crippen LogP contribution in [0.2, 0.25) is 0 Å². The molecule has 4 rings (SSSR count). The smallest absolute Gasteiger partial charge is 0.239 e. The predicted molar refractivity (Wildman–Crippen MR) is 122 cm³/mol. The molecule has 2 heterocycles. The van der Waals surface area contributed by atoms with E-state index in [1.165, 1.54) is 0 Å². The third kappa shape index (κ3) is 4.66. The van der Waals surface area contributed by atoms with Crippen LogP contribution < -0.4 is 5.32 Å². The largest absolute Gasteiger partial charge is 0.312 e. The molecule has 2 aliphatic heterocycles. The summed E-state index contributed by atoms with van der Waals surface area (Å²) in [6.45, 7) is 9.48. The van der Waals surface area contributed by atoms with Crippen LogP contribution in [0.1, 0.15) is 25.3 Å². The standard InChI is InChI=1S/C24H29N5O/c1-3-28-13-15-29(16-14-28)17-22(30)27-24-23(19-9-5-4-6-10-19)18(2)25-20-11-7-8-12-21(20)26-24/h4-12,23H,3,13-17H2,1-2H3,(H,26,27,30)/t23-/m0/s1. The first-order valence-corrected chi connectivity index (χ1v) is 10.7. The molecule has 1 atom stereocenters. The van der Waals surface area contributed by atoms with Gasteiger partial charge in [0.2, 0.25) is 5.91 Å². The molecule has 0 unspecified atom stereocenters. The van der Waals surface area contributed by atoms with Crippen molar-refractivity contribution >= 4 is 28.8 Å². The molecule has 0 radical (unpaired) electrons. The lowest BCUT2D eigenvalue weighted by Crippen LogP contribution is -2.50. The van der Waals surface area contributed by atoms with Crippen LogP contribution in [-0.4, -0.2) is 66.5 Å². The number of carbonyl (C=O) groups is 1. The SMILES string of the molecule is CCN1CCN(CC(=O)NC2=Nc3ccccc3N=C(C)[C@H]2c2ccccc2)CC1. The van der Waals surface area contributed by atoms with Crippen LogP contribution in [-0.2, 0) is 4.79 Å². The Hall–Kier alpha value is -2.83. The Morgan fingerprint density at radius 2 is 1.53 bits per heavy atom. The number of benzene rings is 2. The number of amidine groups is 1. The van der Waals surface area contributed by atoms with E-state index in [2.05, 4.69) is 34.2 Å². The Morgan fingerprint density at radius 1 is 0.933 bits per heavy atom. The number of nitrogens with zero attached hydrogens (tertiary/aromatic N) is 4. The van der Waals surface area contributed by atoms with Crippen LogP contribution in [0.5, 0.6) is 0 Å². The minimum atomic E-state index is -0.181. The van der Waals surface area contributed by atoms with E-state index in [0.717, 1.165) is 55.4 Å². The molecular formula is C24H29N5O. The van der Waals surface area contributed by atoms with Crippen molar-refractivity contribution < 1.29 is 4.79 Å². The fraction of sp³-hybridized carbons (Fsp3) is 0.375. The highest BCUT2D eigenvalue weighted by Gasteiger charge is 2.27. The third-order valence-electron chi connectivity index (χ3n) is 5.79. The monoisotopic (exact) mass is 403 g/mol. The molecule has 1 amide bonds. The highest BCUT2D eigenvalue weighted by atomic mass is 16.2. The van der Waals surface area contributed by atoms with Crippen molar-refractivity contribution in [1.82, 2.24) is 15.1 Å². The van der Waals surface area contributed by atoms with Crippen molar-refractivity contribution in [1.29, 1.82) is 0 Å². The average molecular weight is 404 g/mol. The van der Waals surface area contributed by atoms with Crippen molar-refractivity contribution in [3.05, 3.63) is 60.2 Å². The molecule has 0 aromatic heterocycles. The molecular weight excluding hydrogens is 374 g/mol. The molecule has 2 aliphatic rings. The van der Waals surface area contributed by atoms with Crippen molar-refractivity contribution in [3.8, 4) is 0 Å². The molecule has 156 valence electrons. The number of aliphatic imine (C=N–C) groups is 2.